The van der Waals surface area contributed by atoms with E-state index in [1.165, 1.54) is 37.4 Å². The Kier molecular flexibility index (Phi) is 5.13. The lowest BCUT2D eigenvalue weighted by molar-refractivity contribution is 0.102. The lowest BCUT2D eigenvalue weighted by atomic mass is 10.2. The van der Waals surface area contributed by atoms with E-state index in [-0.39, 0.29) is 16.6 Å². The highest BCUT2D eigenvalue weighted by atomic mass is 32.2. The number of aromatic nitrogens is 1. The number of para-hydroxylation sites is 1. The van der Waals surface area contributed by atoms with Crippen molar-refractivity contribution in [3.63, 3.8) is 0 Å². The number of rotatable bonds is 6. The molecule has 0 unspecified atom stereocenters. The molecule has 3 rings (SSSR count). The second-order valence-corrected chi connectivity index (χ2v) is 7.15. The van der Waals surface area contributed by atoms with E-state index in [0.29, 0.717) is 22.8 Å². The van der Waals surface area contributed by atoms with Gasteiger partial charge in [0, 0.05) is 5.69 Å². The van der Waals surface area contributed by atoms with E-state index in [1.54, 1.807) is 31.2 Å². The summed E-state index contributed by atoms with van der Waals surface area (Å²) < 4.78 is 38.2. The Morgan fingerprint density at radius 2 is 1.85 bits per heavy atom. The van der Waals surface area contributed by atoms with Gasteiger partial charge in [0.25, 0.3) is 5.91 Å². The first-order valence-electron chi connectivity index (χ1n) is 7.85. The molecule has 8 nitrogen and oxygen atoms in total. The number of carbonyl (C=O) groups is 1. The minimum Gasteiger partial charge on any atom is -0.496 e. The van der Waals surface area contributed by atoms with Crippen LogP contribution in [0.3, 0.4) is 0 Å². The number of ether oxygens (including phenoxy) is 1. The van der Waals surface area contributed by atoms with Crippen molar-refractivity contribution >= 4 is 27.4 Å². The molecule has 0 atom stereocenters. The molecule has 0 radical (unpaired) electrons. The number of benzene rings is 2. The summed E-state index contributed by atoms with van der Waals surface area (Å²) in [5.74, 6) is 0.501. The molecule has 0 aliphatic heterocycles. The second kappa shape index (κ2) is 7.50. The summed E-state index contributed by atoms with van der Waals surface area (Å²) in [6, 6.07) is 13.9. The highest BCUT2D eigenvalue weighted by Crippen LogP contribution is 2.28. The van der Waals surface area contributed by atoms with Gasteiger partial charge in [-0.1, -0.05) is 12.1 Å². The first-order valence-corrected chi connectivity index (χ1v) is 9.29. The topological polar surface area (TPSA) is 113 Å². The van der Waals surface area contributed by atoms with Crippen LogP contribution in [0.15, 0.2) is 64.0 Å². The van der Waals surface area contributed by atoms with E-state index < -0.39 is 10.0 Å². The summed E-state index contributed by atoms with van der Waals surface area (Å²) in [7, 11) is -2.46. The zero-order chi connectivity index (χ0) is 19.4. The Morgan fingerprint density at radius 3 is 2.48 bits per heavy atom. The van der Waals surface area contributed by atoms with Crippen molar-refractivity contribution in [3.8, 4) is 5.75 Å². The molecular formula is C18H16N3O5S-. The summed E-state index contributed by atoms with van der Waals surface area (Å²) in [5, 5.41) is 6.24. The molecule has 9 heteroatoms. The molecule has 27 heavy (non-hydrogen) atoms. The highest BCUT2D eigenvalue weighted by molar-refractivity contribution is 7.94. The fraction of sp³-hybridized carbons (Fsp3) is 0.111. The number of nitrogens with one attached hydrogen (secondary N) is 1. The molecular weight excluding hydrogens is 370 g/mol. The Hall–Kier alpha value is -3.33. The van der Waals surface area contributed by atoms with Crippen LogP contribution in [0, 0.1) is 6.92 Å². The molecule has 1 N–H and O–H groups in total. The van der Waals surface area contributed by atoms with Gasteiger partial charge in [0.05, 0.1) is 17.6 Å². The summed E-state index contributed by atoms with van der Waals surface area (Å²) in [6.45, 7) is 1.64. The number of amides is 1. The summed E-state index contributed by atoms with van der Waals surface area (Å²) in [4.78, 5) is 12.3. The molecule has 0 saturated carbocycles. The van der Waals surface area contributed by atoms with Gasteiger partial charge < -0.3 is 19.3 Å². The fourth-order valence-electron chi connectivity index (χ4n) is 2.31. The third-order valence-corrected chi connectivity index (χ3v) is 4.89. The van der Waals surface area contributed by atoms with Crippen molar-refractivity contribution < 1.29 is 22.5 Å². The van der Waals surface area contributed by atoms with Gasteiger partial charge in [-0.3, -0.25) is 9.95 Å². The molecule has 1 amide bonds. The smallest absolute Gasteiger partial charge is 0.259 e. The largest absolute Gasteiger partial charge is 0.496 e. The zero-order valence-corrected chi connectivity index (χ0v) is 15.4. The first kappa shape index (κ1) is 18.5. The van der Waals surface area contributed by atoms with Crippen LogP contribution in [0.4, 0.5) is 11.5 Å². The van der Waals surface area contributed by atoms with Crippen LogP contribution in [-0.4, -0.2) is 26.6 Å². The Balaban J connectivity index is 1.74. The zero-order valence-electron chi connectivity index (χ0n) is 14.5. The van der Waals surface area contributed by atoms with Crippen molar-refractivity contribution in [2.24, 2.45) is 0 Å². The average molecular weight is 386 g/mol. The Labute approximate surface area is 156 Å². The van der Waals surface area contributed by atoms with Crippen LogP contribution in [0.5, 0.6) is 5.75 Å². The van der Waals surface area contributed by atoms with E-state index in [1.807, 2.05) is 0 Å². The molecule has 0 fully saturated rings. The lowest BCUT2D eigenvalue weighted by Gasteiger charge is -2.12. The van der Waals surface area contributed by atoms with Gasteiger partial charge in [-0.2, -0.15) is 0 Å². The maximum atomic E-state index is 12.4. The Morgan fingerprint density at radius 1 is 1.15 bits per heavy atom. The fourth-order valence-corrected chi connectivity index (χ4v) is 3.23. The lowest BCUT2D eigenvalue weighted by Crippen LogP contribution is -2.13. The second-order valence-electron chi connectivity index (χ2n) is 5.54. The molecule has 2 aromatic carbocycles. The van der Waals surface area contributed by atoms with Crippen LogP contribution >= 0.6 is 0 Å². The minimum atomic E-state index is -3.94. The molecule has 0 spiro atoms. The van der Waals surface area contributed by atoms with Crippen molar-refractivity contribution in [1.82, 2.24) is 5.16 Å². The van der Waals surface area contributed by atoms with E-state index in [2.05, 4.69) is 15.2 Å². The molecule has 0 aliphatic rings. The van der Waals surface area contributed by atoms with Gasteiger partial charge in [0.15, 0.2) is 0 Å². The van der Waals surface area contributed by atoms with E-state index in [0.717, 1.165) is 0 Å². The molecule has 1 aromatic heterocycles. The third-order valence-electron chi connectivity index (χ3n) is 3.59. The van der Waals surface area contributed by atoms with Crippen LogP contribution in [0.1, 0.15) is 16.1 Å². The van der Waals surface area contributed by atoms with E-state index >= 15 is 0 Å². The normalized spacial score (nSPS) is 11.0. The highest BCUT2D eigenvalue weighted by Gasteiger charge is 2.13. The van der Waals surface area contributed by atoms with Gasteiger partial charge in [0.1, 0.15) is 11.5 Å². The molecule has 0 saturated heterocycles. The summed E-state index contributed by atoms with van der Waals surface area (Å²) in [5.41, 5.74) is 0.801. The van der Waals surface area contributed by atoms with Crippen molar-refractivity contribution in [2.45, 2.75) is 11.8 Å². The number of hydrogen-bond acceptors (Lipinski definition) is 6. The number of hydrogen-bond donors (Lipinski definition) is 1. The number of aryl methyl sites for hydroxylation is 1. The summed E-state index contributed by atoms with van der Waals surface area (Å²) >= 11 is 0. The predicted octanol–water partition coefficient (Wildman–Crippen LogP) is 3.64. The van der Waals surface area contributed by atoms with Crippen molar-refractivity contribution in [2.75, 3.05) is 12.4 Å². The maximum Gasteiger partial charge on any atom is 0.259 e. The van der Waals surface area contributed by atoms with Crippen LogP contribution in [0.2, 0.25) is 0 Å². The number of anilines is 1. The van der Waals surface area contributed by atoms with Gasteiger partial charge >= 0.3 is 0 Å². The number of nitrogens with zero attached hydrogens (tertiary/aromatic N) is 2. The number of sulfonamides is 1. The van der Waals surface area contributed by atoms with Gasteiger partial charge in [-0.05, 0) is 55.2 Å². The molecule has 140 valence electrons. The SMILES string of the molecule is COc1ccccc1C(=O)Nc1ccc(S(=O)(=O)[N-]c2cc(C)on2)cc1. The third kappa shape index (κ3) is 4.26. The maximum absolute atomic E-state index is 12.4. The first-order chi connectivity index (χ1) is 12.9. The molecule has 3 aromatic rings. The predicted molar refractivity (Wildman–Crippen MR) is 98.8 cm³/mol. The number of methoxy groups -OCH3 is 1. The average Bonchev–Trinajstić information content (AvgIpc) is 3.06. The monoisotopic (exact) mass is 386 g/mol. The number of carbonyl (C=O) groups excluding carboxylic acids is 1. The van der Waals surface area contributed by atoms with E-state index in [9.17, 15) is 13.2 Å². The van der Waals surface area contributed by atoms with Gasteiger partial charge in [-0.15, -0.1) is 0 Å². The van der Waals surface area contributed by atoms with E-state index in [4.69, 9.17) is 9.26 Å². The van der Waals surface area contributed by atoms with Crippen LogP contribution in [-0.2, 0) is 10.0 Å². The minimum absolute atomic E-state index is 0.0268. The molecule has 0 bridgehead atoms. The van der Waals surface area contributed by atoms with Gasteiger partial charge in [-0.25, -0.2) is 8.42 Å². The molecule has 0 aliphatic carbocycles. The Bertz CT molecular complexity index is 1060. The standard InChI is InChI=1S/C18H17N3O5S/c1-12-11-17(20-26-12)21-27(23,24)14-9-7-13(8-10-14)19-18(22)15-5-3-4-6-16(15)25-2/h3-11H,1-2H3,(H2,19,20,21,22)/p-1. The van der Waals surface area contributed by atoms with Crippen LogP contribution in [0.25, 0.3) is 4.72 Å². The quantitative estimate of drug-likeness (QED) is 0.692. The van der Waals surface area contributed by atoms with Gasteiger partial charge in [0.2, 0.25) is 10.0 Å². The van der Waals surface area contributed by atoms with Crippen molar-refractivity contribution in [1.29, 1.82) is 0 Å². The molecule has 1 heterocycles. The van der Waals surface area contributed by atoms with Crippen LogP contribution < -0.4 is 10.1 Å². The summed E-state index contributed by atoms with van der Waals surface area (Å²) in [6.07, 6.45) is 0. The van der Waals surface area contributed by atoms with Crippen molar-refractivity contribution in [3.05, 3.63) is 70.6 Å².